The Bertz CT molecular complexity index is 1340. The van der Waals surface area contributed by atoms with Gasteiger partial charge in [0.2, 0.25) is 0 Å². The monoisotopic (exact) mass is 403 g/mol. The van der Waals surface area contributed by atoms with Crippen LogP contribution >= 0.6 is 0 Å². The summed E-state index contributed by atoms with van der Waals surface area (Å²) in [6.07, 6.45) is 9.58. The van der Waals surface area contributed by atoms with Crippen LogP contribution in [0.4, 0.5) is 17.1 Å². The van der Waals surface area contributed by atoms with Crippen LogP contribution in [0.15, 0.2) is 104 Å². The van der Waals surface area contributed by atoms with E-state index in [0.29, 0.717) is 0 Å². The molecule has 6 rings (SSSR count). The molecule has 0 amide bonds. The number of aryl methyl sites for hydroxylation is 2. The molecule has 0 bridgehead atoms. The van der Waals surface area contributed by atoms with E-state index in [1.54, 1.807) is 6.20 Å². The number of benzene rings is 3. The van der Waals surface area contributed by atoms with Crippen LogP contribution in [0, 0.1) is 0 Å². The number of para-hydroxylation sites is 1. The maximum Gasteiger partial charge on any atom is 0.0666 e. The van der Waals surface area contributed by atoms with Crippen molar-refractivity contribution in [1.82, 2.24) is 19.6 Å². The number of aromatic nitrogens is 4. The maximum absolute atomic E-state index is 4.44. The van der Waals surface area contributed by atoms with Gasteiger partial charge in [0.15, 0.2) is 0 Å². The van der Waals surface area contributed by atoms with Gasteiger partial charge in [-0.25, -0.2) is 9.36 Å². The summed E-state index contributed by atoms with van der Waals surface area (Å²) in [6, 6.07) is 27.8. The van der Waals surface area contributed by atoms with Crippen LogP contribution < -0.4 is 4.90 Å². The molecule has 150 valence electrons. The minimum atomic E-state index is 1.00. The van der Waals surface area contributed by atoms with Crippen molar-refractivity contribution in [3.8, 4) is 11.4 Å². The van der Waals surface area contributed by atoms with Gasteiger partial charge in [-0.2, -0.15) is 10.2 Å². The predicted molar refractivity (Wildman–Crippen MR) is 123 cm³/mol. The van der Waals surface area contributed by atoms with E-state index in [1.165, 1.54) is 22.5 Å². The molecule has 0 radical (unpaired) electrons. The summed E-state index contributed by atoms with van der Waals surface area (Å²) in [4.78, 5) is 2.37. The van der Waals surface area contributed by atoms with E-state index in [-0.39, 0.29) is 0 Å². The molecule has 0 N–H and O–H groups in total. The van der Waals surface area contributed by atoms with Gasteiger partial charge >= 0.3 is 0 Å². The lowest BCUT2D eigenvalue weighted by molar-refractivity contribution is 0.877. The molecule has 0 saturated heterocycles. The minimum Gasteiger partial charge on any atom is -0.310 e. The highest BCUT2D eigenvalue weighted by Gasteiger charge is 2.23. The third-order valence-electron chi connectivity index (χ3n) is 5.83. The van der Waals surface area contributed by atoms with Gasteiger partial charge in [-0.05, 0) is 72.5 Å². The molecule has 0 saturated carbocycles. The Labute approximate surface area is 180 Å². The van der Waals surface area contributed by atoms with Crippen molar-refractivity contribution in [3.05, 3.63) is 115 Å². The summed E-state index contributed by atoms with van der Waals surface area (Å²) in [5.41, 5.74) is 8.29. The van der Waals surface area contributed by atoms with Gasteiger partial charge in [-0.15, -0.1) is 0 Å². The van der Waals surface area contributed by atoms with E-state index < -0.39 is 0 Å². The minimum absolute atomic E-state index is 1.00. The molecule has 0 aliphatic carbocycles. The average molecular weight is 403 g/mol. The highest BCUT2D eigenvalue weighted by atomic mass is 15.3. The van der Waals surface area contributed by atoms with E-state index in [1.807, 2.05) is 40.1 Å². The zero-order valence-corrected chi connectivity index (χ0v) is 17.0. The largest absolute Gasteiger partial charge is 0.310 e. The number of rotatable bonds is 3. The first-order chi connectivity index (χ1) is 15.4. The van der Waals surface area contributed by atoms with Crippen LogP contribution in [0.2, 0.25) is 0 Å². The van der Waals surface area contributed by atoms with Crippen LogP contribution in [0.25, 0.3) is 11.4 Å². The number of fused-ring (bicyclic) bond motifs is 2. The van der Waals surface area contributed by atoms with Crippen molar-refractivity contribution < 1.29 is 0 Å². The van der Waals surface area contributed by atoms with Crippen LogP contribution in [0.3, 0.4) is 0 Å². The normalized spacial score (nSPS) is 12.8. The first kappa shape index (κ1) is 17.7. The SMILES string of the molecule is c1cc(N2c3ccccc3CCc3ccc(-n4cccn4)cc32)cc(-n2cccn2)c1. The summed E-state index contributed by atoms with van der Waals surface area (Å²) < 4.78 is 3.81. The van der Waals surface area contributed by atoms with Crippen molar-refractivity contribution >= 4 is 17.1 Å². The molecule has 5 nitrogen and oxygen atoms in total. The van der Waals surface area contributed by atoms with Crippen molar-refractivity contribution in [3.63, 3.8) is 0 Å². The Balaban J connectivity index is 1.57. The predicted octanol–water partition coefficient (Wildman–Crippen LogP) is 5.63. The lowest BCUT2D eigenvalue weighted by atomic mass is 10.0. The second-order valence-electron chi connectivity index (χ2n) is 7.70. The quantitative estimate of drug-likeness (QED) is 0.392. The fourth-order valence-electron chi connectivity index (χ4n) is 4.35. The maximum atomic E-state index is 4.44. The summed E-state index contributed by atoms with van der Waals surface area (Å²) in [6.45, 7) is 0. The second kappa shape index (κ2) is 7.29. The number of anilines is 3. The van der Waals surface area contributed by atoms with E-state index in [9.17, 15) is 0 Å². The molecule has 5 aromatic rings. The van der Waals surface area contributed by atoms with Crippen LogP contribution in [-0.2, 0) is 12.8 Å². The molecule has 31 heavy (non-hydrogen) atoms. The lowest BCUT2D eigenvalue weighted by Gasteiger charge is -2.28. The van der Waals surface area contributed by atoms with Gasteiger partial charge < -0.3 is 4.90 Å². The van der Waals surface area contributed by atoms with Gasteiger partial charge in [0, 0.05) is 36.2 Å². The standard InChI is InChI=1S/C26H21N5/c1-2-9-25-20(6-1)10-11-21-12-13-23(30-17-5-15-28-30)19-26(21)31(25)24-8-3-7-22(18-24)29-16-4-14-27-29/h1-9,12-19H,10-11H2. The van der Waals surface area contributed by atoms with Crippen LogP contribution in [0.1, 0.15) is 11.1 Å². The fraction of sp³-hybridized carbons (Fsp3) is 0.0769. The first-order valence-corrected chi connectivity index (χ1v) is 10.5. The Morgan fingerprint density at radius 1 is 0.548 bits per heavy atom. The third-order valence-corrected chi connectivity index (χ3v) is 5.83. The molecule has 3 aromatic carbocycles. The third kappa shape index (κ3) is 3.11. The molecule has 0 spiro atoms. The molecule has 3 heterocycles. The molecule has 0 atom stereocenters. The number of hydrogen-bond acceptors (Lipinski definition) is 3. The van der Waals surface area contributed by atoms with Crippen LogP contribution in [-0.4, -0.2) is 19.6 Å². The van der Waals surface area contributed by atoms with Gasteiger partial charge in [0.05, 0.1) is 17.1 Å². The first-order valence-electron chi connectivity index (χ1n) is 10.5. The van der Waals surface area contributed by atoms with Crippen molar-refractivity contribution in [2.24, 2.45) is 0 Å². The van der Waals surface area contributed by atoms with Gasteiger partial charge in [0.25, 0.3) is 0 Å². The van der Waals surface area contributed by atoms with Crippen molar-refractivity contribution in [1.29, 1.82) is 0 Å². The molecular weight excluding hydrogens is 382 g/mol. The molecule has 0 unspecified atom stereocenters. The van der Waals surface area contributed by atoms with Crippen LogP contribution in [0.5, 0.6) is 0 Å². The van der Waals surface area contributed by atoms with Gasteiger partial charge in [-0.1, -0.05) is 30.3 Å². The number of hydrogen-bond donors (Lipinski definition) is 0. The zero-order chi connectivity index (χ0) is 20.6. The smallest absolute Gasteiger partial charge is 0.0666 e. The molecule has 0 fully saturated rings. The highest BCUT2D eigenvalue weighted by Crippen LogP contribution is 2.42. The van der Waals surface area contributed by atoms with Crippen molar-refractivity contribution in [2.75, 3.05) is 4.90 Å². The van der Waals surface area contributed by atoms with Gasteiger partial charge in [-0.3, -0.25) is 0 Å². The summed E-state index contributed by atoms with van der Waals surface area (Å²) >= 11 is 0. The molecular formula is C26H21N5. The second-order valence-corrected chi connectivity index (χ2v) is 7.70. The molecule has 1 aliphatic heterocycles. The van der Waals surface area contributed by atoms with E-state index >= 15 is 0 Å². The van der Waals surface area contributed by atoms with E-state index in [2.05, 4.69) is 81.8 Å². The summed E-state index contributed by atoms with van der Waals surface area (Å²) in [5.74, 6) is 0. The highest BCUT2D eigenvalue weighted by molar-refractivity contribution is 5.83. The average Bonchev–Trinajstić information content (AvgIpc) is 3.52. The van der Waals surface area contributed by atoms with Gasteiger partial charge in [0.1, 0.15) is 0 Å². The Morgan fingerprint density at radius 3 is 1.97 bits per heavy atom. The zero-order valence-electron chi connectivity index (χ0n) is 17.0. The Kier molecular flexibility index (Phi) is 4.17. The molecule has 1 aliphatic rings. The number of nitrogens with zero attached hydrogens (tertiary/aromatic N) is 5. The van der Waals surface area contributed by atoms with E-state index in [4.69, 9.17) is 0 Å². The summed E-state index contributed by atoms with van der Waals surface area (Å²) in [5, 5.41) is 8.85. The molecule has 2 aromatic heterocycles. The lowest BCUT2D eigenvalue weighted by Crippen LogP contribution is -2.13. The summed E-state index contributed by atoms with van der Waals surface area (Å²) in [7, 11) is 0. The Morgan fingerprint density at radius 2 is 1.23 bits per heavy atom. The fourth-order valence-corrected chi connectivity index (χ4v) is 4.35. The van der Waals surface area contributed by atoms with E-state index in [0.717, 1.165) is 29.9 Å². The Hall–Kier alpha value is -4.12. The topological polar surface area (TPSA) is 38.9 Å². The molecule has 5 heteroatoms. The van der Waals surface area contributed by atoms with Crippen molar-refractivity contribution in [2.45, 2.75) is 12.8 Å².